The molecule has 0 radical (unpaired) electrons. The number of hydrogen-bond acceptors (Lipinski definition) is 3. The summed E-state index contributed by atoms with van der Waals surface area (Å²) in [6, 6.07) is 0. The third-order valence-electron chi connectivity index (χ3n) is 1.48. The van der Waals surface area contributed by atoms with Gasteiger partial charge >= 0.3 is 0 Å². The maximum absolute atomic E-state index is 5.18. The number of hydrogen-bond donors (Lipinski definition) is 2. The highest BCUT2D eigenvalue weighted by Crippen LogP contribution is 1.97. The van der Waals surface area contributed by atoms with Crippen LogP contribution in [-0.2, 0) is 4.74 Å². The number of rotatable bonds is 2. The summed E-state index contributed by atoms with van der Waals surface area (Å²) in [7, 11) is 1.97. The second-order valence-corrected chi connectivity index (χ2v) is 2.39. The first-order valence-electron chi connectivity index (χ1n) is 3.36. The Morgan fingerprint density at radius 2 is 2.67 bits per heavy atom. The predicted octanol–water partition coefficient (Wildman–Crippen LogP) is -0.601. The van der Waals surface area contributed by atoms with Gasteiger partial charge in [0.25, 0.3) is 0 Å². The van der Waals surface area contributed by atoms with E-state index >= 15 is 0 Å². The van der Waals surface area contributed by atoms with Crippen LogP contribution >= 0.6 is 0 Å². The lowest BCUT2D eigenvalue weighted by molar-refractivity contribution is 0.0467. The fourth-order valence-electron chi connectivity index (χ4n) is 1.04. The van der Waals surface area contributed by atoms with Crippen LogP contribution in [-0.4, -0.2) is 33.5 Å². The average molecular weight is 130 g/mol. The molecule has 3 heteroatoms. The minimum Gasteiger partial charge on any atom is -0.366 e. The monoisotopic (exact) mass is 130 g/mol. The van der Waals surface area contributed by atoms with Gasteiger partial charge in [-0.15, -0.1) is 0 Å². The van der Waals surface area contributed by atoms with Crippen LogP contribution in [0.3, 0.4) is 0 Å². The highest BCUT2D eigenvalue weighted by Gasteiger charge is 2.10. The Balaban J connectivity index is 2.08. The molecule has 0 aliphatic carbocycles. The molecule has 1 aliphatic heterocycles. The summed E-state index contributed by atoms with van der Waals surface area (Å²) in [6.07, 6.45) is 0. The SMILES string of the molecule is CNCC1CNCOC1. The van der Waals surface area contributed by atoms with Gasteiger partial charge in [0, 0.05) is 19.0 Å². The van der Waals surface area contributed by atoms with Gasteiger partial charge in [0.1, 0.15) is 0 Å². The van der Waals surface area contributed by atoms with Crippen molar-refractivity contribution in [2.75, 3.05) is 33.5 Å². The van der Waals surface area contributed by atoms with Gasteiger partial charge in [-0.25, -0.2) is 0 Å². The minimum atomic E-state index is 0.656. The summed E-state index contributed by atoms with van der Waals surface area (Å²) < 4.78 is 5.18. The zero-order valence-electron chi connectivity index (χ0n) is 5.81. The van der Waals surface area contributed by atoms with Crippen LogP contribution in [0.25, 0.3) is 0 Å². The maximum Gasteiger partial charge on any atom is 0.0965 e. The Hall–Kier alpha value is -0.120. The molecule has 2 N–H and O–H groups in total. The summed E-state index contributed by atoms with van der Waals surface area (Å²) in [4.78, 5) is 0. The Bertz CT molecular complexity index is 68.7. The van der Waals surface area contributed by atoms with Crippen molar-refractivity contribution in [3.8, 4) is 0 Å². The standard InChI is InChI=1S/C6H14N2O/c1-7-2-6-3-8-5-9-4-6/h6-8H,2-5H2,1H3. The largest absolute Gasteiger partial charge is 0.366 e. The third-order valence-corrected chi connectivity index (χ3v) is 1.48. The van der Waals surface area contributed by atoms with Gasteiger partial charge in [-0.1, -0.05) is 0 Å². The second-order valence-electron chi connectivity index (χ2n) is 2.39. The van der Waals surface area contributed by atoms with Crippen LogP contribution in [0.4, 0.5) is 0 Å². The number of nitrogens with one attached hydrogen (secondary N) is 2. The van der Waals surface area contributed by atoms with Crippen LogP contribution in [0.2, 0.25) is 0 Å². The van der Waals surface area contributed by atoms with E-state index in [2.05, 4.69) is 10.6 Å². The normalized spacial score (nSPS) is 28.3. The quantitative estimate of drug-likeness (QED) is 0.523. The minimum absolute atomic E-state index is 0.656. The fourth-order valence-corrected chi connectivity index (χ4v) is 1.04. The maximum atomic E-state index is 5.18. The first-order valence-corrected chi connectivity index (χ1v) is 3.36. The molecule has 1 saturated heterocycles. The van der Waals surface area contributed by atoms with E-state index in [4.69, 9.17) is 4.74 Å². The molecule has 3 nitrogen and oxygen atoms in total. The lowest BCUT2D eigenvalue weighted by Gasteiger charge is -2.22. The van der Waals surface area contributed by atoms with Crippen molar-refractivity contribution < 1.29 is 4.74 Å². The zero-order valence-corrected chi connectivity index (χ0v) is 5.81. The molecule has 1 unspecified atom stereocenters. The van der Waals surface area contributed by atoms with Crippen molar-refractivity contribution in [1.82, 2.24) is 10.6 Å². The zero-order chi connectivity index (χ0) is 6.53. The highest BCUT2D eigenvalue weighted by molar-refractivity contribution is 4.65. The average Bonchev–Trinajstić information content (AvgIpc) is 1.91. The predicted molar refractivity (Wildman–Crippen MR) is 36.2 cm³/mol. The van der Waals surface area contributed by atoms with Gasteiger partial charge in [-0.2, -0.15) is 0 Å². The van der Waals surface area contributed by atoms with E-state index in [1.54, 1.807) is 0 Å². The molecule has 0 saturated carbocycles. The Morgan fingerprint density at radius 1 is 1.78 bits per heavy atom. The molecule has 0 amide bonds. The van der Waals surface area contributed by atoms with E-state index in [-0.39, 0.29) is 0 Å². The molecule has 1 aliphatic rings. The van der Waals surface area contributed by atoms with Crippen LogP contribution in [0.15, 0.2) is 0 Å². The van der Waals surface area contributed by atoms with E-state index in [9.17, 15) is 0 Å². The molecule has 0 spiro atoms. The van der Waals surface area contributed by atoms with Crippen LogP contribution in [0.1, 0.15) is 0 Å². The summed E-state index contributed by atoms with van der Waals surface area (Å²) in [6.45, 7) is 3.75. The van der Waals surface area contributed by atoms with Gasteiger partial charge in [0.05, 0.1) is 13.3 Å². The summed E-state index contributed by atoms with van der Waals surface area (Å²) in [5.74, 6) is 0.656. The van der Waals surface area contributed by atoms with Crippen molar-refractivity contribution in [3.05, 3.63) is 0 Å². The Kier molecular flexibility index (Phi) is 2.97. The van der Waals surface area contributed by atoms with Gasteiger partial charge in [0.2, 0.25) is 0 Å². The molecule has 1 fully saturated rings. The van der Waals surface area contributed by atoms with E-state index in [1.165, 1.54) is 0 Å². The molecule has 0 bridgehead atoms. The Labute approximate surface area is 55.8 Å². The van der Waals surface area contributed by atoms with Crippen LogP contribution < -0.4 is 10.6 Å². The third kappa shape index (κ3) is 2.30. The van der Waals surface area contributed by atoms with Gasteiger partial charge in [-0.05, 0) is 7.05 Å². The van der Waals surface area contributed by atoms with Gasteiger partial charge < -0.3 is 10.1 Å². The van der Waals surface area contributed by atoms with Crippen molar-refractivity contribution in [2.45, 2.75) is 0 Å². The topological polar surface area (TPSA) is 33.3 Å². The molecular formula is C6H14N2O. The van der Waals surface area contributed by atoms with E-state index in [0.717, 1.165) is 26.4 Å². The molecular weight excluding hydrogens is 116 g/mol. The lowest BCUT2D eigenvalue weighted by Crippen LogP contribution is -2.39. The van der Waals surface area contributed by atoms with Crippen LogP contribution in [0, 0.1) is 5.92 Å². The molecule has 0 aromatic rings. The fraction of sp³-hybridized carbons (Fsp3) is 1.00. The molecule has 1 atom stereocenters. The van der Waals surface area contributed by atoms with E-state index < -0.39 is 0 Å². The van der Waals surface area contributed by atoms with Crippen molar-refractivity contribution in [2.24, 2.45) is 5.92 Å². The second kappa shape index (κ2) is 3.82. The number of ether oxygens (including phenoxy) is 1. The molecule has 9 heavy (non-hydrogen) atoms. The molecule has 1 rings (SSSR count). The van der Waals surface area contributed by atoms with Crippen LogP contribution in [0.5, 0.6) is 0 Å². The smallest absolute Gasteiger partial charge is 0.0965 e. The van der Waals surface area contributed by atoms with Gasteiger partial charge in [-0.3, -0.25) is 5.32 Å². The molecule has 54 valence electrons. The molecule has 0 aromatic heterocycles. The Morgan fingerprint density at radius 3 is 3.22 bits per heavy atom. The van der Waals surface area contributed by atoms with E-state index in [1.807, 2.05) is 7.05 Å². The van der Waals surface area contributed by atoms with E-state index in [0.29, 0.717) is 5.92 Å². The van der Waals surface area contributed by atoms with Crippen molar-refractivity contribution in [1.29, 1.82) is 0 Å². The summed E-state index contributed by atoms with van der Waals surface area (Å²) in [5, 5.41) is 6.27. The summed E-state index contributed by atoms with van der Waals surface area (Å²) >= 11 is 0. The van der Waals surface area contributed by atoms with Crippen molar-refractivity contribution >= 4 is 0 Å². The lowest BCUT2D eigenvalue weighted by atomic mass is 10.1. The molecule has 0 aromatic carbocycles. The van der Waals surface area contributed by atoms with Gasteiger partial charge in [0.15, 0.2) is 0 Å². The summed E-state index contributed by atoms with van der Waals surface area (Å²) in [5.41, 5.74) is 0. The highest BCUT2D eigenvalue weighted by atomic mass is 16.5. The first kappa shape index (κ1) is 6.99. The molecule has 1 heterocycles. The first-order chi connectivity index (χ1) is 4.43. The van der Waals surface area contributed by atoms with Crippen molar-refractivity contribution in [3.63, 3.8) is 0 Å².